The number of imide groups is 1. The van der Waals surface area contributed by atoms with Crippen LogP contribution >= 0.6 is 34.4 Å². The normalized spacial score (nSPS) is 19.4. The Morgan fingerprint density at radius 2 is 1.74 bits per heavy atom. The fourth-order valence-corrected chi connectivity index (χ4v) is 9.01. The number of hydrogen-bond donors (Lipinski definition) is 1. The van der Waals surface area contributed by atoms with Crippen LogP contribution in [-0.2, 0) is 25.7 Å². The van der Waals surface area contributed by atoms with Crippen molar-refractivity contribution in [2.24, 2.45) is 5.92 Å². The quantitative estimate of drug-likeness (QED) is 0.231. The van der Waals surface area contributed by atoms with Gasteiger partial charge in [0.1, 0.15) is 11.8 Å². The maximum absolute atomic E-state index is 14.0. The van der Waals surface area contributed by atoms with Gasteiger partial charge in [-0.15, -0.1) is 11.3 Å². The molecule has 0 saturated carbocycles. The third-order valence-electron chi connectivity index (χ3n) is 7.26. The minimum absolute atomic E-state index is 0.221. The summed E-state index contributed by atoms with van der Waals surface area (Å²) in [7, 11) is 0. The number of aryl methyl sites for hydroxylation is 1. The zero-order valence-corrected chi connectivity index (χ0v) is 25.0. The molecule has 1 N–H and O–H groups in total. The van der Waals surface area contributed by atoms with Crippen molar-refractivity contribution in [3.8, 4) is 0 Å². The van der Waals surface area contributed by atoms with E-state index in [0.29, 0.717) is 26.8 Å². The SMILES string of the molecule is CCOC(=O)c1ccc(N2C(=O)C3Sc4c(sc(=O)n4CC(=O)Nc4ccccc4C)[C@H](c4cccs4)C3C2=O)cc1. The van der Waals surface area contributed by atoms with E-state index in [-0.39, 0.29) is 29.8 Å². The van der Waals surface area contributed by atoms with Crippen molar-refractivity contribution >= 4 is 69.5 Å². The predicted molar refractivity (Wildman–Crippen MR) is 163 cm³/mol. The summed E-state index contributed by atoms with van der Waals surface area (Å²) in [6, 6.07) is 17.3. The first kappa shape index (κ1) is 28.1. The molecule has 2 aliphatic heterocycles. The molecule has 3 atom stereocenters. The summed E-state index contributed by atoms with van der Waals surface area (Å²) < 4.78 is 6.44. The van der Waals surface area contributed by atoms with Crippen LogP contribution in [-0.4, -0.2) is 40.1 Å². The van der Waals surface area contributed by atoms with Crippen molar-refractivity contribution in [1.29, 1.82) is 0 Å². The van der Waals surface area contributed by atoms with Gasteiger partial charge in [0.2, 0.25) is 17.7 Å². The molecule has 42 heavy (non-hydrogen) atoms. The minimum atomic E-state index is -0.790. The zero-order chi connectivity index (χ0) is 29.5. The predicted octanol–water partition coefficient (Wildman–Crippen LogP) is 4.89. The van der Waals surface area contributed by atoms with Crippen molar-refractivity contribution < 1.29 is 23.9 Å². The highest BCUT2D eigenvalue weighted by molar-refractivity contribution is 8.00. The topological polar surface area (TPSA) is 115 Å². The molecule has 9 nitrogen and oxygen atoms in total. The Morgan fingerprint density at radius 1 is 0.976 bits per heavy atom. The van der Waals surface area contributed by atoms with Gasteiger partial charge >= 0.3 is 10.8 Å². The molecule has 2 aromatic heterocycles. The molecule has 1 saturated heterocycles. The molecule has 2 aromatic carbocycles. The number of thiazole rings is 1. The lowest BCUT2D eigenvalue weighted by Crippen LogP contribution is -2.32. The number of anilines is 2. The molecule has 0 radical (unpaired) electrons. The number of thiophene rings is 1. The van der Waals surface area contributed by atoms with E-state index in [9.17, 15) is 24.0 Å². The van der Waals surface area contributed by atoms with Crippen LogP contribution in [0.5, 0.6) is 0 Å². The van der Waals surface area contributed by atoms with E-state index in [1.165, 1.54) is 32.9 Å². The molecule has 0 bridgehead atoms. The molecule has 4 aromatic rings. The van der Waals surface area contributed by atoms with Crippen molar-refractivity contribution in [3.05, 3.63) is 96.6 Å². The standard InChI is InChI=1S/C30H25N3O6S3/c1-3-39-29(37)17-10-12-18(13-11-17)33-26(35)23-22(20-9-6-14-40-20)25-28(41-24(23)27(33)36)32(30(38)42-25)15-21(34)31-19-8-5-4-7-16(19)2/h4-14,22-24H,3,15H2,1-2H3,(H,31,34)/t22-,23?,24?/m1/s1. The summed E-state index contributed by atoms with van der Waals surface area (Å²) in [5.41, 5.74) is 2.23. The number of carbonyl (C=O) groups is 4. The fourth-order valence-electron chi connectivity index (χ4n) is 5.29. The maximum Gasteiger partial charge on any atom is 0.338 e. The number of carbonyl (C=O) groups excluding carboxylic acids is 4. The number of nitrogens with one attached hydrogen (secondary N) is 1. The molecule has 0 spiro atoms. The Kier molecular flexibility index (Phi) is 7.60. The summed E-state index contributed by atoms with van der Waals surface area (Å²) in [5, 5.41) is 4.51. The second-order valence-electron chi connectivity index (χ2n) is 9.82. The number of rotatable bonds is 7. The van der Waals surface area contributed by atoms with Gasteiger partial charge in [-0.3, -0.25) is 23.7 Å². The van der Waals surface area contributed by atoms with E-state index in [0.717, 1.165) is 33.5 Å². The number of thioether (sulfide) groups is 1. The molecule has 214 valence electrons. The van der Waals surface area contributed by atoms with Crippen LogP contribution in [0, 0.1) is 12.8 Å². The zero-order valence-electron chi connectivity index (χ0n) is 22.6. The van der Waals surface area contributed by atoms with Crippen LogP contribution < -0.4 is 15.1 Å². The van der Waals surface area contributed by atoms with Gasteiger partial charge in [-0.1, -0.05) is 47.4 Å². The fraction of sp³-hybridized carbons (Fsp3) is 0.233. The summed E-state index contributed by atoms with van der Waals surface area (Å²) in [4.78, 5) is 68.6. The van der Waals surface area contributed by atoms with E-state index in [4.69, 9.17) is 4.74 Å². The largest absolute Gasteiger partial charge is 0.462 e. The molecule has 12 heteroatoms. The average molecular weight is 620 g/mol. The third kappa shape index (κ3) is 4.89. The highest BCUT2D eigenvalue weighted by atomic mass is 32.2. The molecule has 0 aliphatic carbocycles. The van der Waals surface area contributed by atoms with Gasteiger partial charge in [-0.05, 0) is 61.2 Å². The van der Waals surface area contributed by atoms with Gasteiger partial charge in [0.15, 0.2) is 0 Å². The van der Waals surface area contributed by atoms with Gasteiger partial charge in [0.05, 0.1) is 28.8 Å². The summed E-state index contributed by atoms with van der Waals surface area (Å²) >= 11 is 3.64. The summed E-state index contributed by atoms with van der Waals surface area (Å²) in [5.74, 6) is -2.86. The Labute approximate surface area is 253 Å². The number of fused-ring (bicyclic) bond motifs is 2. The van der Waals surface area contributed by atoms with Crippen LogP contribution in [0.15, 0.2) is 75.9 Å². The first-order chi connectivity index (χ1) is 20.3. The number of amides is 3. The first-order valence-corrected chi connectivity index (χ1v) is 15.8. The Balaban J connectivity index is 1.35. The lowest BCUT2D eigenvalue weighted by molar-refractivity contribution is -0.122. The Hall–Kier alpha value is -4.00. The van der Waals surface area contributed by atoms with Crippen LogP contribution in [0.1, 0.15) is 38.5 Å². The van der Waals surface area contributed by atoms with Crippen LogP contribution in [0.4, 0.5) is 11.4 Å². The van der Waals surface area contributed by atoms with Gasteiger partial charge in [0, 0.05) is 21.4 Å². The molecular formula is C30H25N3O6S3. The van der Waals surface area contributed by atoms with Crippen molar-refractivity contribution in [2.45, 2.75) is 36.6 Å². The van der Waals surface area contributed by atoms with Crippen LogP contribution in [0.25, 0.3) is 0 Å². The van der Waals surface area contributed by atoms with E-state index in [1.807, 2.05) is 42.6 Å². The Morgan fingerprint density at radius 3 is 2.43 bits per heavy atom. The maximum atomic E-state index is 14.0. The number of aromatic nitrogens is 1. The first-order valence-electron chi connectivity index (χ1n) is 13.2. The molecule has 6 rings (SSSR count). The molecule has 2 unspecified atom stereocenters. The van der Waals surface area contributed by atoms with Crippen molar-refractivity contribution in [1.82, 2.24) is 4.57 Å². The highest BCUT2D eigenvalue weighted by Gasteiger charge is 2.57. The molecule has 3 amide bonds. The monoisotopic (exact) mass is 619 g/mol. The lowest BCUT2D eigenvalue weighted by atomic mass is 9.87. The number of benzene rings is 2. The molecule has 2 aliphatic rings. The van der Waals surface area contributed by atoms with Gasteiger partial charge in [0.25, 0.3) is 0 Å². The number of hydrogen-bond acceptors (Lipinski definition) is 9. The number of nitrogens with zero attached hydrogens (tertiary/aromatic N) is 2. The second kappa shape index (κ2) is 11.3. The van der Waals surface area contributed by atoms with Gasteiger partial charge in [-0.25, -0.2) is 9.69 Å². The minimum Gasteiger partial charge on any atom is -0.462 e. The van der Waals surface area contributed by atoms with Gasteiger partial charge < -0.3 is 10.1 Å². The van der Waals surface area contributed by atoms with Crippen molar-refractivity contribution in [2.75, 3.05) is 16.8 Å². The van der Waals surface area contributed by atoms with E-state index < -0.39 is 29.0 Å². The smallest absolute Gasteiger partial charge is 0.338 e. The summed E-state index contributed by atoms with van der Waals surface area (Å²) in [6.07, 6.45) is 0. The Bertz CT molecular complexity index is 1760. The number of ether oxygens (including phenoxy) is 1. The molecule has 1 fully saturated rings. The number of esters is 1. The lowest BCUT2D eigenvalue weighted by Gasteiger charge is -2.29. The second-order valence-corrected chi connectivity index (χ2v) is 12.9. The highest BCUT2D eigenvalue weighted by Crippen LogP contribution is 2.54. The van der Waals surface area contributed by atoms with Gasteiger partial charge in [-0.2, -0.15) is 0 Å². The number of para-hydroxylation sites is 1. The van der Waals surface area contributed by atoms with E-state index in [1.54, 1.807) is 25.1 Å². The average Bonchev–Trinajstić information content (AvgIpc) is 3.67. The van der Waals surface area contributed by atoms with E-state index >= 15 is 0 Å². The van der Waals surface area contributed by atoms with Crippen molar-refractivity contribution in [3.63, 3.8) is 0 Å². The van der Waals surface area contributed by atoms with E-state index in [2.05, 4.69) is 5.32 Å². The van der Waals surface area contributed by atoms with Crippen LogP contribution in [0.3, 0.4) is 0 Å². The molecule has 4 heterocycles. The molecular weight excluding hydrogens is 595 g/mol. The summed E-state index contributed by atoms with van der Waals surface area (Å²) in [6.45, 7) is 3.61. The third-order valence-corrected chi connectivity index (χ3v) is 10.8. The van der Waals surface area contributed by atoms with Crippen LogP contribution in [0.2, 0.25) is 0 Å².